The molecular formula is C21H29N3O4. The summed E-state index contributed by atoms with van der Waals surface area (Å²) < 4.78 is 10.4. The lowest BCUT2D eigenvalue weighted by atomic mass is 10.1. The SMILES string of the molecule is CCOC(=O)CCN(CC1CCCN1CC)C(=O)Cc1noc2ccccc12. The Morgan fingerprint density at radius 2 is 2.14 bits per heavy atom. The molecule has 0 spiro atoms. The number of hydrogen-bond donors (Lipinski definition) is 0. The summed E-state index contributed by atoms with van der Waals surface area (Å²) in [5, 5.41) is 4.94. The number of esters is 1. The maximum absolute atomic E-state index is 13.1. The van der Waals surface area contributed by atoms with Gasteiger partial charge >= 0.3 is 5.97 Å². The first-order chi connectivity index (χ1) is 13.6. The Bertz CT molecular complexity index is 804. The molecule has 0 aliphatic carbocycles. The van der Waals surface area contributed by atoms with Crippen LogP contribution in [0.15, 0.2) is 28.8 Å². The minimum Gasteiger partial charge on any atom is -0.466 e. The monoisotopic (exact) mass is 387 g/mol. The molecule has 1 unspecified atom stereocenters. The molecule has 7 heteroatoms. The first-order valence-corrected chi connectivity index (χ1v) is 10.1. The number of amides is 1. The zero-order valence-electron chi connectivity index (χ0n) is 16.7. The molecule has 7 nitrogen and oxygen atoms in total. The fourth-order valence-electron chi connectivity index (χ4n) is 3.87. The van der Waals surface area contributed by atoms with Crippen molar-refractivity contribution in [3.8, 4) is 0 Å². The van der Waals surface area contributed by atoms with Crippen LogP contribution in [0, 0.1) is 0 Å². The Hall–Kier alpha value is -2.41. The third kappa shape index (κ3) is 4.90. The van der Waals surface area contributed by atoms with Gasteiger partial charge in [0.1, 0.15) is 5.69 Å². The van der Waals surface area contributed by atoms with Gasteiger partial charge in [-0.25, -0.2) is 0 Å². The van der Waals surface area contributed by atoms with Crippen LogP contribution in [0.4, 0.5) is 0 Å². The Morgan fingerprint density at radius 1 is 1.32 bits per heavy atom. The van der Waals surface area contributed by atoms with E-state index in [9.17, 15) is 9.59 Å². The molecular weight excluding hydrogens is 358 g/mol. The predicted octanol–water partition coefficient (Wildman–Crippen LogP) is 2.64. The molecule has 1 atom stereocenters. The number of nitrogens with zero attached hydrogens (tertiary/aromatic N) is 3. The standard InChI is InChI=1S/C21H29N3O4/c1-3-23-12-7-8-16(23)15-24(13-11-21(26)27-4-2)20(25)14-18-17-9-5-6-10-19(17)28-22-18/h5-6,9-10,16H,3-4,7-8,11-15H2,1-2H3. The van der Waals surface area contributed by atoms with Crippen LogP contribution >= 0.6 is 0 Å². The van der Waals surface area contributed by atoms with Crippen LogP contribution in [0.2, 0.25) is 0 Å². The Morgan fingerprint density at radius 3 is 2.93 bits per heavy atom. The quantitative estimate of drug-likeness (QED) is 0.616. The number of carbonyl (C=O) groups excluding carboxylic acids is 2. The molecule has 0 radical (unpaired) electrons. The van der Waals surface area contributed by atoms with Crippen molar-refractivity contribution in [2.75, 3.05) is 32.8 Å². The average Bonchev–Trinajstić information content (AvgIpc) is 3.32. The van der Waals surface area contributed by atoms with Crippen molar-refractivity contribution < 1.29 is 18.8 Å². The average molecular weight is 387 g/mol. The predicted molar refractivity (Wildman–Crippen MR) is 106 cm³/mol. The number of fused-ring (bicyclic) bond motifs is 1. The number of rotatable bonds is 9. The number of carbonyl (C=O) groups is 2. The van der Waals surface area contributed by atoms with Gasteiger partial charge in [0.25, 0.3) is 0 Å². The lowest BCUT2D eigenvalue weighted by Crippen LogP contribution is -2.44. The van der Waals surface area contributed by atoms with Crippen LogP contribution in [-0.2, 0) is 20.7 Å². The number of hydrogen-bond acceptors (Lipinski definition) is 6. The molecule has 1 aliphatic rings. The van der Waals surface area contributed by atoms with E-state index in [1.165, 1.54) is 0 Å². The highest BCUT2D eigenvalue weighted by Crippen LogP contribution is 2.21. The number of para-hydroxylation sites is 1. The van der Waals surface area contributed by atoms with Gasteiger partial charge in [-0.05, 0) is 45.0 Å². The number of aromatic nitrogens is 1. The minimum absolute atomic E-state index is 0.0358. The highest BCUT2D eigenvalue weighted by Gasteiger charge is 2.28. The van der Waals surface area contributed by atoms with Gasteiger partial charge in [-0.1, -0.05) is 24.2 Å². The van der Waals surface area contributed by atoms with Gasteiger partial charge in [-0.3, -0.25) is 14.5 Å². The van der Waals surface area contributed by atoms with Crippen LogP contribution in [-0.4, -0.2) is 65.7 Å². The molecule has 2 aromatic rings. The second-order valence-corrected chi connectivity index (χ2v) is 7.12. The third-order valence-electron chi connectivity index (χ3n) is 5.35. The summed E-state index contributed by atoms with van der Waals surface area (Å²) in [6, 6.07) is 7.87. The maximum Gasteiger partial charge on any atom is 0.307 e. The summed E-state index contributed by atoms with van der Waals surface area (Å²) in [6.07, 6.45) is 2.59. The second-order valence-electron chi connectivity index (χ2n) is 7.12. The van der Waals surface area contributed by atoms with Gasteiger partial charge in [0.15, 0.2) is 5.58 Å². The van der Waals surface area contributed by atoms with E-state index in [4.69, 9.17) is 9.26 Å². The third-order valence-corrected chi connectivity index (χ3v) is 5.35. The van der Waals surface area contributed by atoms with Crippen molar-refractivity contribution in [1.82, 2.24) is 15.0 Å². The van der Waals surface area contributed by atoms with Gasteiger partial charge in [0.05, 0.1) is 19.4 Å². The van der Waals surface area contributed by atoms with E-state index in [0.717, 1.165) is 31.3 Å². The molecule has 0 N–H and O–H groups in total. The zero-order valence-corrected chi connectivity index (χ0v) is 16.7. The summed E-state index contributed by atoms with van der Waals surface area (Å²) in [4.78, 5) is 29.1. The minimum atomic E-state index is -0.272. The summed E-state index contributed by atoms with van der Waals surface area (Å²) in [5.74, 6) is -0.308. The van der Waals surface area contributed by atoms with E-state index < -0.39 is 0 Å². The lowest BCUT2D eigenvalue weighted by Gasteiger charge is -2.30. The molecule has 2 heterocycles. The van der Waals surface area contributed by atoms with Crippen LogP contribution < -0.4 is 0 Å². The largest absolute Gasteiger partial charge is 0.466 e. The fraction of sp³-hybridized carbons (Fsp3) is 0.571. The van der Waals surface area contributed by atoms with E-state index in [-0.39, 0.29) is 24.7 Å². The maximum atomic E-state index is 13.1. The molecule has 3 rings (SSSR count). The van der Waals surface area contributed by atoms with E-state index in [0.29, 0.717) is 37.0 Å². The van der Waals surface area contributed by atoms with Gasteiger partial charge in [-0.15, -0.1) is 0 Å². The van der Waals surface area contributed by atoms with Crippen molar-refractivity contribution in [3.05, 3.63) is 30.0 Å². The van der Waals surface area contributed by atoms with E-state index >= 15 is 0 Å². The van der Waals surface area contributed by atoms with Crippen LogP contribution in [0.1, 0.15) is 38.8 Å². The molecule has 1 aromatic heterocycles. The topological polar surface area (TPSA) is 75.9 Å². The Kier molecular flexibility index (Phi) is 7.03. The zero-order chi connectivity index (χ0) is 19.9. The molecule has 1 saturated heterocycles. The van der Waals surface area contributed by atoms with E-state index in [2.05, 4.69) is 17.0 Å². The Labute approximate surface area is 165 Å². The molecule has 1 aliphatic heterocycles. The number of benzene rings is 1. The van der Waals surface area contributed by atoms with Crippen molar-refractivity contribution in [3.63, 3.8) is 0 Å². The number of likely N-dealkylation sites (N-methyl/N-ethyl adjacent to an activating group) is 1. The molecule has 28 heavy (non-hydrogen) atoms. The highest BCUT2D eigenvalue weighted by atomic mass is 16.5. The molecule has 1 fully saturated rings. The van der Waals surface area contributed by atoms with Crippen molar-refractivity contribution in [2.24, 2.45) is 0 Å². The normalized spacial score (nSPS) is 17.1. The highest BCUT2D eigenvalue weighted by molar-refractivity contribution is 5.86. The molecule has 1 aromatic carbocycles. The van der Waals surface area contributed by atoms with Crippen molar-refractivity contribution in [2.45, 2.75) is 45.6 Å². The second kappa shape index (κ2) is 9.68. The van der Waals surface area contributed by atoms with E-state index in [1.54, 1.807) is 11.8 Å². The van der Waals surface area contributed by atoms with Crippen LogP contribution in [0.25, 0.3) is 11.0 Å². The van der Waals surface area contributed by atoms with Crippen LogP contribution in [0.5, 0.6) is 0 Å². The van der Waals surface area contributed by atoms with Crippen LogP contribution in [0.3, 0.4) is 0 Å². The van der Waals surface area contributed by atoms with Gasteiger partial charge in [0, 0.05) is 24.5 Å². The van der Waals surface area contributed by atoms with Gasteiger partial charge in [-0.2, -0.15) is 0 Å². The van der Waals surface area contributed by atoms with Gasteiger partial charge in [0.2, 0.25) is 5.91 Å². The first kappa shape index (κ1) is 20.3. The fourth-order valence-corrected chi connectivity index (χ4v) is 3.87. The summed E-state index contributed by atoms with van der Waals surface area (Å²) >= 11 is 0. The smallest absolute Gasteiger partial charge is 0.307 e. The van der Waals surface area contributed by atoms with E-state index in [1.807, 2.05) is 24.3 Å². The number of likely N-dealkylation sites (tertiary alicyclic amines) is 1. The Balaban J connectivity index is 1.70. The summed E-state index contributed by atoms with van der Waals surface area (Å²) in [7, 11) is 0. The molecule has 0 saturated carbocycles. The summed E-state index contributed by atoms with van der Waals surface area (Å²) in [6.45, 7) is 7.31. The summed E-state index contributed by atoms with van der Waals surface area (Å²) in [5.41, 5.74) is 1.32. The molecule has 1 amide bonds. The van der Waals surface area contributed by atoms with Crippen molar-refractivity contribution >= 4 is 22.8 Å². The number of ether oxygens (including phenoxy) is 1. The molecule has 0 bridgehead atoms. The molecule has 152 valence electrons. The van der Waals surface area contributed by atoms with Crippen molar-refractivity contribution in [1.29, 1.82) is 0 Å². The first-order valence-electron chi connectivity index (χ1n) is 10.1. The lowest BCUT2D eigenvalue weighted by molar-refractivity contribution is -0.144. The van der Waals surface area contributed by atoms with Gasteiger partial charge < -0.3 is 14.2 Å².